The van der Waals surface area contributed by atoms with E-state index >= 15 is 4.39 Å². The molecular formula is C45H52Cl2FN3O9. The molecule has 7 rings (SSSR count). The normalized spacial score (nSPS) is 31.8. The number of carboxylic acids is 2. The number of halogens is 3. The Hall–Kier alpha value is -4.53. The summed E-state index contributed by atoms with van der Waals surface area (Å²) in [5, 5.41) is 49.8. The Kier molecular flexibility index (Phi) is 13.0. The number of carbonyl (C=O) groups excluding carboxylic acids is 3. The molecule has 2 aromatic carbocycles. The number of pyridine rings is 1. The maximum absolute atomic E-state index is 17.7. The number of anilines is 1. The Morgan fingerprint density at radius 1 is 1.02 bits per heavy atom. The van der Waals surface area contributed by atoms with Gasteiger partial charge >= 0.3 is 11.9 Å². The number of fused-ring (bicyclic) bond motifs is 6. The molecule has 10 atom stereocenters. The van der Waals surface area contributed by atoms with Gasteiger partial charge in [-0.2, -0.15) is 0 Å². The number of nitrogens with two attached hydrogens (primary N) is 1. The van der Waals surface area contributed by atoms with E-state index in [4.69, 9.17) is 5.73 Å². The van der Waals surface area contributed by atoms with Crippen LogP contribution in [0.4, 0.5) is 10.1 Å². The van der Waals surface area contributed by atoms with E-state index in [0.717, 1.165) is 10.8 Å². The van der Waals surface area contributed by atoms with Gasteiger partial charge in [-0.25, -0.2) is 4.39 Å². The molecule has 0 bridgehead atoms. The number of ketones is 2. The lowest BCUT2D eigenvalue weighted by molar-refractivity contribution is -0.219. The average Bonchev–Trinajstić information content (AvgIpc) is 3.37. The van der Waals surface area contributed by atoms with Crippen LogP contribution in [-0.2, 0) is 30.4 Å². The zero-order valence-electron chi connectivity index (χ0n) is 33.6. The van der Waals surface area contributed by atoms with Crippen LogP contribution in [0.5, 0.6) is 0 Å². The number of amides is 1. The standard InChI is InChI=1S/C45H50FN3O9.2ClH/c1-25-16-35-34-11-9-30-18-32(50)12-14-41(30,2)44(34,46)36(51)20-42(35,3)45(25,58)37(52)21-43(40(56)57,22-38(53)54)19-26-4-6-27(7-5-26)33(23-47)39(55)49-31-10-8-29-24-48-15-13-28(29)17-31;;/h4-8,10,12-15,17-18,24-25,33-36,51,58H,9,11,16,19-23,47H2,1-3H3,(H,49,55)(H,53,54)(H,56,57);2*1H/t25-,33?,34+,35+,36+,41+,42+,43?,44+,45+;;/m1../s1. The number of aromatic nitrogens is 1. The van der Waals surface area contributed by atoms with Gasteiger partial charge in [0.15, 0.2) is 17.2 Å². The second-order valence-corrected chi connectivity index (χ2v) is 17.6. The van der Waals surface area contributed by atoms with Crippen molar-refractivity contribution in [3.8, 4) is 0 Å². The van der Waals surface area contributed by atoms with E-state index in [9.17, 15) is 44.4 Å². The van der Waals surface area contributed by atoms with Crippen LogP contribution in [0.1, 0.15) is 76.3 Å². The SMILES string of the molecule is C[C@@H]1C[C@H]2[C@@H]3CCC4=CC(=O)C=C[C@]4(C)[C@@]3(F)[C@@H](O)C[C@]2(C)[C@@]1(O)C(=O)CC(CC(=O)O)(Cc1ccc(C(CN)C(=O)Nc2ccc3cnccc3c2)cc1)C(=O)O.Cl.Cl. The molecule has 1 amide bonds. The van der Waals surface area contributed by atoms with Crippen LogP contribution in [-0.4, -0.2) is 78.7 Å². The first-order valence-electron chi connectivity index (χ1n) is 19.8. The topological polar surface area (TPSA) is 217 Å². The monoisotopic (exact) mass is 867 g/mol. The number of hydrogen-bond acceptors (Lipinski definition) is 9. The Morgan fingerprint density at radius 3 is 2.37 bits per heavy atom. The van der Waals surface area contributed by atoms with Crippen LogP contribution in [0, 0.1) is 34.0 Å². The molecule has 15 heteroatoms. The molecule has 1 heterocycles. The number of benzene rings is 2. The zero-order chi connectivity index (χ0) is 42.0. The fourth-order valence-electron chi connectivity index (χ4n) is 11.3. The summed E-state index contributed by atoms with van der Waals surface area (Å²) < 4.78 is 17.7. The van der Waals surface area contributed by atoms with Gasteiger partial charge in [-0.1, -0.05) is 55.8 Å². The third-order valence-electron chi connectivity index (χ3n) is 14.5. The van der Waals surface area contributed by atoms with Gasteiger partial charge in [0.05, 0.1) is 23.9 Å². The third kappa shape index (κ3) is 7.25. The minimum atomic E-state index is -2.22. The van der Waals surface area contributed by atoms with Crippen molar-refractivity contribution in [1.29, 1.82) is 0 Å². The minimum absolute atomic E-state index is 0. The van der Waals surface area contributed by atoms with Gasteiger partial charge in [0.1, 0.15) is 5.60 Å². The van der Waals surface area contributed by atoms with Crippen molar-refractivity contribution in [2.45, 2.75) is 89.0 Å². The fraction of sp³-hybridized carbons (Fsp3) is 0.467. The van der Waals surface area contributed by atoms with Crippen molar-refractivity contribution in [1.82, 2.24) is 4.98 Å². The maximum atomic E-state index is 17.7. The third-order valence-corrected chi connectivity index (χ3v) is 14.5. The van der Waals surface area contributed by atoms with Gasteiger partial charge in [-0.05, 0) is 97.7 Å². The largest absolute Gasteiger partial charge is 0.481 e. The molecule has 3 aromatic rings. The van der Waals surface area contributed by atoms with E-state index in [0.29, 0.717) is 28.8 Å². The highest BCUT2D eigenvalue weighted by atomic mass is 35.5. The lowest BCUT2D eigenvalue weighted by atomic mass is 9.44. The number of aliphatic hydroxyl groups excluding tert-OH is 1. The molecule has 0 saturated heterocycles. The number of carboxylic acid groups (broad SMARTS) is 2. The lowest BCUT2D eigenvalue weighted by Gasteiger charge is -2.62. The Balaban J connectivity index is 0.00000341. The highest BCUT2D eigenvalue weighted by Crippen LogP contribution is 2.71. The zero-order valence-corrected chi connectivity index (χ0v) is 35.2. The number of aliphatic hydroxyl groups is 2. The second kappa shape index (κ2) is 16.7. The number of alkyl halides is 1. The number of allylic oxidation sites excluding steroid dienone is 4. The van der Waals surface area contributed by atoms with Gasteiger partial charge < -0.3 is 31.5 Å². The van der Waals surface area contributed by atoms with E-state index in [2.05, 4.69) is 10.3 Å². The maximum Gasteiger partial charge on any atom is 0.311 e. The molecule has 60 heavy (non-hydrogen) atoms. The van der Waals surface area contributed by atoms with Crippen LogP contribution < -0.4 is 11.1 Å². The van der Waals surface area contributed by atoms with Gasteiger partial charge in [-0.15, -0.1) is 24.8 Å². The van der Waals surface area contributed by atoms with Crippen molar-refractivity contribution in [3.63, 3.8) is 0 Å². The van der Waals surface area contributed by atoms with Crippen LogP contribution in [0.3, 0.4) is 0 Å². The average molecular weight is 869 g/mol. The first-order valence-corrected chi connectivity index (χ1v) is 19.8. The molecular weight excluding hydrogens is 816 g/mol. The van der Waals surface area contributed by atoms with Gasteiger partial charge in [0, 0.05) is 53.2 Å². The molecule has 12 nitrogen and oxygen atoms in total. The number of nitrogens with one attached hydrogen (secondary N) is 1. The summed E-state index contributed by atoms with van der Waals surface area (Å²) in [6, 6.07) is 13.6. The first kappa shape index (κ1) is 46.5. The Bertz CT molecular complexity index is 2270. The first-order chi connectivity index (χ1) is 27.3. The minimum Gasteiger partial charge on any atom is -0.481 e. The molecule has 1 aromatic heterocycles. The molecule has 322 valence electrons. The molecule has 3 saturated carbocycles. The summed E-state index contributed by atoms with van der Waals surface area (Å²) in [7, 11) is 0. The molecule has 4 aliphatic rings. The second-order valence-electron chi connectivity index (χ2n) is 17.6. The van der Waals surface area contributed by atoms with Crippen LogP contribution in [0.25, 0.3) is 10.8 Å². The van der Waals surface area contributed by atoms with E-state index in [-0.39, 0.29) is 62.3 Å². The molecule has 0 aliphatic heterocycles. The van der Waals surface area contributed by atoms with Gasteiger partial charge in [0.2, 0.25) is 5.91 Å². The Labute approximate surface area is 359 Å². The van der Waals surface area contributed by atoms with Crippen molar-refractivity contribution in [2.75, 3.05) is 11.9 Å². The van der Waals surface area contributed by atoms with Crippen LogP contribution >= 0.6 is 24.8 Å². The molecule has 4 aliphatic carbocycles. The van der Waals surface area contributed by atoms with E-state index in [1.807, 2.05) is 18.2 Å². The molecule has 0 radical (unpaired) electrons. The number of hydrogen-bond donors (Lipinski definition) is 6. The molecule has 0 spiro atoms. The van der Waals surface area contributed by atoms with Gasteiger partial charge in [0.25, 0.3) is 0 Å². The summed E-state index contributed by atoms with van der Waals surface area (Å²) >= 11 is 0. The number of Topliss-reactive ketones (excluding diaryl/α,β-unsaturated/α-hetero) is 1. The molecule has 3 fully saturated rings. The summed E-state index contributed by atoms with van der Waals surface area (Å²) in [4.78, 5) is 69.9. The predicted molar refractivity (Wildman–Crippen MR) is 227 cm³/mol. The highest BCUT2D eigenvalue weighted by molar-refractivity contribution is 6.01. The number of rotatable bonds is 12. The smallest absolute Gasteiger partial charge is 0.311 e. The fourth-order valence-corrected chi connectivity index (χ4v) is 11.3. The summed E-state index contributed by atoms with van der Waals surface area (Å²) in [6.07, 6.45) is 4.38. The van der Waals surface area contributed by atoms with Crippen LogP contribution in [0.2, 0.25) is 0 Å². The molecule has 2 unspecified atom stereocenters. The quantitative estimate of drug-likeness (QED) is 0.121. The van der Waals surface area contributed by atoms with E-state index in [1.54, 1.807) is 63.5 Å². The predicted octanol–water partition coefficient (Wildman–Crippen LogP) is 6.15. The lowest BCUT2D eigenvalue weighted by Crippen LogP contribution is -2.69. The van der Waals surface area contributed by atoms with Crippen molar-refractivity contribution < 1.29 is 48.8 Å². The number of aliphatic carboxylic acids is 2. The van der Waals surface area contributed by atoms with Crippen LogP contribution in [0.15, 0.2) is 84.7 Å². The van der Waals surface area contributed by atoms with Crippen molar-refractivity contribution in [3.05, 3.63) is 95.9 Å². The van der Waals surface area contributed by atoms with E-state index in [1.165, 1.54) is 18.2 Å². The van der Waals surface area contributed by atoms with Gasteiger partial charge in [-0.3, -0.25) is 29.0 Å². The molecule has 7 N–H and O–H groups in total. The van der Waals surface area contributed by atoms with Crippen molar-refractivity contribution >= 4 is 70.7 Å². The number of nitrogens with zero attached hydrogens (tertiary/aromatic N) is 1. The summed E-state index contributed by atoms with van der Waals surface area (Å²) in [6.45, 7) is 4.93. The summed E-state index contributed by atoms with van der Waals surface area (Å²) in [5.41, 5.74) is -1.17. The Morgan fingerprint density at radius 2 is 1.72 bits per heavy atom. The summed E-state index contributed by atoms with van der Waals surface area (Å²) in [5.74, 6) is -7.44. The number of carbonyl (C=O) groups is 5. The van der Waals surface area contributed by atoms with E-state index < -0.39 is 94.3 Å². The highest BCUT2D eigenvalue weighted by Gasteiger charge is 2.75. The van der Waals surface area contributed by atoms with Crippen molar-refractivity contribution in [2.24, 2.45) is 39.7 Å².